The molecule has 0 aliphatic heterocycles. The van der Waals surface area contributed by atoms with Crippen molar-refractivity contribution in [2.75, 3.05) is 5.32 Å². The number of nitrogens with one attached hydrogen (secondary N) is 2. The average molecular weight is 376 g/mol. The molecule has 0 unspecified atom stereocenters. The highest BCUT2D eigenvalue weighted by Crippen LogP contribution is 2.29. The topological polar surface area (TPSA) is 74.8 Å². The van der Waals surface area contributed by atoms with Gasteiger partial charge in [-0.3, -0.25) is 9.59 Å². The monoisotopic (exact) mass is 375 g/mol. The molecule has 0 aliphatic carbocycles. The molecule has 0 bridgehead atoms. The first-order valence-electron chi connectivity index (χ1n) is 8.27. The number of carbonyl (C=O) groups excluding carboxylic acids is 1. The Hall–Kier alpha value is -3.44. The zero-order chi connectivity index (χ0) is 18.8. The van der Waals surface area contributed by atoms with Crippen LogP contribution in [0, 0.1) is 0 Å². The zero-order valence-electron chi connectivity index (χ0n) is 14.1. The number of rotatable bonds is 3. The Kier molecular flexibility index (Phi) is 4.44. The van der Waals surface area contributed by atoms with Crippen LogP contribution in [-0.4, -0.2) is 15.9 Å². The van der Waals surface area contributed by atoms with Gasteiger partial charge in [-0.1, -0.05) is 41.9 Å². The van der Waals surface area contributed by atoms with Gasteiger partial charge in [-0.2, -0.15) is 0 Å². The highest BCUT2D eigenvalue weighted by Gasteiger charge is 2.15. The molecule has 6 heteroatoms. The van der Waals surface area contributed by atoms with Crippen LogP contribution >= 0.6 is 11.6 Å². The van der Waals surface area contributed by atoms with Crippen molar-refractivity contribution in [2.24, 2.45) is 0 Å². The van der Waals surface area contributed by atoms with Gasteiger partial charge in [-0.05, 0) is 42.5 Å². The summed E-state index contributed by atoms with van der Waals surface area (Å²) in [5.41, 5.74) is 2.60. The molecule has 0 atom stereocenters. The fourth-order valence-electron chi connectivity index (χ4n) is 2.82. The van der Waals surface area contributed by atoms with E-state index in [1.54, 1.807) is 48.5 Å². The number of H-pyrrole nitrogens is 1. The minimum absolute atomic E-state index is 0.216. The van der Waals surface area contributed by atoms with Gasteiger partial charge in [0.2, 0.25) is 0 Å². The molecule has 0 aliphatic rings. The number of anilines is 1. The van der Waals surface area contributed by atoms with Crippen LogP contribution < -0.4 is 10.9 Å². The van der Waals surface area contributed by atoms with E-state index in [0.717, 1.165) is 0 Å². The van der Waals surface area contributed by atoms with Gasteiger partial charge < -0.3 is 10.3 Å². The standard InChI is InChI=1S/C21H14ClN3O2/c22-14-10-11-15(18(12-14)25-20(26)13-6-2-1-3-7-13)19-21(27)24-17-9-5-4-8-16(17)23-19/h1-12H,(H,24,27)(H,25,26). The number of benzene rings is 3. The number of hydrogen-bond donors (Lipinski definition) is 2. The lowest BCUT2D eigenvalue weighted by Gasteiger charge is -2.11. The number of carbonyl (C=O) groups is 1. The van der Waals surface area contributed by atoms with Crippen LogP contribution in [0.3, 0.4) is 0 Å². The molecule has 5 nitrogen and oxygen atoms in total. The van der Waals surface area contributed by atoms with Crippen molar-refractivity contribution in [2.45, 2.75) is 0 Å². The molecule has 1 heterocycles. The Morgan fingerprint density at radius 3 is 2.52 bits per heavy atom. The van der Waals surface area contributed by atoms with Crippen LogP contribution in [0.5, 0.6) is 0 Å². The average Bonchev–Trinajstić information content (AvgIpc) is 2.68. The van der Waals surface area contributed by atoms with E-state index in [1.165, 1.54) is 0 Å². The molecule has 0 spiro atoms. The molecule has 1 amide bonds. The van der Waals surface area contributed by atoms with E-state index in [2.05, 4.69) is 15.3 Å². The maximum absolute atomic E-state index is 12.6. The highest BCUT2D eigenvalue weighted by atomic mass is 35.5. The number of amides is 1. The van der Waals surface area contributed by atoms with Gasteiger partial charge in [0.05, 0.1) is 16.7 Å². The second-order valence-electron chi connectivity index (χ2n) is 5.94. The fourth-order valence-corrected chi connectivity index (χ4v) is 2.99. The molecule has 27 heavy (non-hydrogen) atoms. The fraction of sp³-hybridized carbons (Fsp3) is 0. The molecule has 132 valence electrons. The number of aromatic nitrogens is 2. The maximum Gasteiger partial charge on any atom is 0.275 e. The Morgan fingerprint density at radius 1 is 0.963 bits per heavy atom. The number of halogens is 1. The first-order chi connectivity index (χ1) is 13.1. The summed E-state index contributed by atoms with van der Waals surface area (Å²) in [6.45, 7) is 0. The van der Waals surface area contributed by atoms with E-state index < -0.39 is 0 Å². The second-order valence-corrected chi connectivity index (χ2v) is 6.38. The normalized spacial score (nSPS) is 10.7. The van der Waals surface area contributed by atoms with E-state index in [-0.39, 0.29) is 17.2 Å². The predicted octanol–water partition coefficient (Wildman–Crippen LogP) is 4.50. The van der Waals surface area contributed by atoms with E-state index in [0.29, 0.717) is 32.9 Å². The van der Waals surface area contributed by atoms with Crippen molar-refractivity contribution in [1.82, 2.24) is 9.97 Å². The Bertz CT molecular complexity index is 1200. The summed E-state index contributed by atoms with van der Waals surface area (Å²) in [5, 5.41) is 3.27. The van der Waals surface area contributed by atoms with Crippen molar-refractivity contribution in [3.8, 4) is 11.3 Å². The van der Waals surface area contributed by atoms with Gasteiger partial charge in [0.15, 0.2) is 0 Å². The molecule has 0 saturated heterocycles. The molecule has 0 fully saturated rings. The summed E-state index contributed by atoms with van der Waals surface area (Å²) in [5.74, 6) is -0.295. The second kappa shape index (κ2) is 7.05. The highest BCUT2D eigenvalue weighted by molar-refractivity contribution is 6.31. The van der Waals surface area contributed by atoms with Gasteiger partial charge in [0.25, 0.3) is 11.5 Å². The van der Waals surface area contributed by atoms with Crippen LogP contribution in [0.25, 0.3) is 22.3 Å². The van der Waals surface area contributed by atoms with E-state index in [4.69, 9.17) is 11.6 Å². The van der Waals surface area contributed by atoms with Crippen LogP contribution in [0.15, 0.2) is 77.6 Å². The minimum atomic E-state index is -0.341. The Labute approximate surface area is 159 Å². The van der Waals surface area contributed by atoms with Gasteiger partial charge in [-0.15, -0.1) is 0 Å². The third-order valence-corrected chi connectivity index (χ3v) is 4.36. The van der Waals surface area contributed by atoms with Crippen LogP contribution in [0.1, 0.15) is 10.4 Å². The van der Waals surface area contributed by atoms with E-state index >= 15 is 0 Å². The predicted molar refractivity (Wildman–Crippen MR) is 107 cm³/mol. The lowest BCUT2D eigenvalue weighted by atomic mass is 10.1. The van der Waals surface area contributed by atoms with Crippen molar-refractivity contribution in [3.05, 3.63) is 93.7 Å². The number of fused-ring (bicyclic) bond motifs is 1. The summed E-state index contributed by atoms with van der Waals surface area (Å²) >= 11 is 6.11. The van der Waals surface area contributed by atoms with E-state index in [9.17, 15) is 9.59 Å². The number of hydrogen-bond acceptors (Lipinski definition) is 3. The van der Waals surface area contributed by atoms with Crippen LogP contribution in [0.2, 0.25) is 5.02 Å². The summed E-state index contributed by atoms with van der Waals surface area (Å²) in [4.78, 5) is 32.4. The number of para-hydroxylation sites is 2. The molecule has 1 aromatic heterocycles. The van der Waals surface area contributed by atoms with Crippen molar-refractivity contribution >= 4 is 34.2 Å². The SMILES string of the molecule is O=C(Nc1cc(Cl)ccc1-c1nc2ccccc2[nH]c1=O)c1ccccc1. The third-order valence-electron chi connectivity index (χ3n) is 4.12. The van der Waals surface area contributed by atoms with Gasteiger partial charge in [0.1, 0.15) is 5.69 Å². The molecule has 0 saturated carbocycles. The Morgan fingerprint density at radius 2 is 1.70 bits per heavy atom. The molecule has 4 aromatic rings. The van der Waals surface area contributed by atoms with Gasteiger partial charge in [0, 0.05) is 16.1 Å². The van der Waals surface area contributed by atoms with Crippen molar-refractivity contribution < 1.29 is 4.79 Å². The van der Waals surface area contributed by atoms with Gasteiger partial charge in [-0.25, -0.2) is 4.98 Å². The van der Waals surface area contributed by atoms with E-state index in [1.807, 2.05) is 24.3 Å². The summed E-state index contributed by atoms with van der Waals surface area (Å²) in [7, 11) is 0. The Balaban J connectivity index is 1.81. The van der Waals surface area contributed by atoms with Crippen molar-refractivity contribution in [1.29, 1.82) is 0 Å². The first kappa shape index (κ1) is 17.0. The summed E-state index contributed by atoms with van der Waals surface area (Å²) in [6.07, 6.45) is 0. The van der Waals surface area contributed by atoms with Crippen LogP contribution in [-0.2, 0) is 0 Å². The minimum Gasteiger partial charge on any atom is -0.321 e. The zero-order valence-corrected chi connectivity index (χ0v) is 14.8. The smallest absolute Gasteiger partial charge is 0.275 e. The molecular formula is C21H14ClN3O2. The molecule has 2 N–H and O–H groups in total. The number of nitrogens with zero attached hydrogens (tertiary/aromatic N) is 1. The summed E-state index contributed by atoms with van der Waals surface area (Å²) < 4.78 is 0. The first-order valence-corrected chi connectivity index (χ1v) is 8.65. The summed E-state index contributed by atoms with van der Waals surface area (Å²) in [6, 6.07) is 21.0. The molecular weight excluding hydrogens is 362 g/mol. The molecule has 0 radical (unpaired) electrons. The lowest BCUT2D eigenvalue weighted by Crippen LogP contribution is -2.16. The maximum atomic E-state index is 12.6. The number of aromatic amines is 1. The molecule has 3 aromatic carbocycles. The van der Waals surface area contributed by atoms with Crippen LogP contribution in [0.4, 0.5) is 5.69 Å². The lowest BCUT2D eigenvalue weighted by molar-refractivity contribution is 0.102. The third kappa shape index (κ3) is 3.45. The van der Waals surface area contributed by atoms with Crippen molar-refractivity contribution in [3.63, 3.8) is 0 Å². The molecule has 4 rings (SSSR count). The largest absolute Gasteiger partial charge is 0.321 e. The van der Waals surface area contributed by atoms with Gasteiger partial charge >= 0.3 is 0 Å². The quantitative estimate of drug-likeness (QED) is 0.553.